The fraction of sp³-hybridized carbons (Fsp3) is 0.200. The summed E-state index contributed by atoms with van der Waals surface area (Å²) in [6.07, 6.45) is 2.86. The molecule has 0 spiro atoms. The topological polar surface area (TPSA) is 43.4 Å². The van der Waals surface area contributed by atoms with E-state index in [-0.39, 0.29) is 12.2 Å². The molecule has 15 heavy (non-hydrogen) atoms. The molecule has 5 heteroatoms. The third-order valence-corrected chi connectivity index (χ3v) is 3.16. The molecule has 3 nitrogen and oxygen atoms in total. The number of thiophene rings is 1. The van der Waals surface area contributed by atoms with Gasteiger partial charge in [-0.3, -0.25) is 9.59 Å². The molecule has 0 aliphatic carbocycles. The number of ketones is 1. The van der Waals surface area contributed by atoms with Gasteiger partial charge in [0.25, 0.3) is 0 Å². The van der Waals surface area contributed by atoms with Gasteiger partial charge in [-0.15, -0.1) is 11.3 Å². The number of hydrogen-bond acceptors (Lipinski definition) is 4. The van der Waals surface area contributed by atoms with E-state index in [4.69, 9.17) is 0 Å². The van der Waals surface area contributed by atoms with E-state index in [0.29, 0.717) is 0 Å². The lowest BCUT2D eigenvalue weighted by Crippen LogP contribution is -2.06. The van der Waals surface area contributed by atoms with Crippen molar-refractivity contribution in [1.82, 2.24) is 0 Å². The molecule has 0 fully saturated rings. The van der Waals surface area contributed by atoms with Gasteiger partial charge in [0.15, 0.2) is 5.78 Å². The van der Waals surface area contributed by atoms with E-state index < -0.39 is 5.97 Å². The molecule has 0 unspecified atom stereocenters. The van der Waals surface area contributed by atoms with E-state index in [9.17, 15) is 9.59 Å². The molecule has 0 aliphatic heterocycles. The predicted molar refractivity (Wildman–Crippen MR) is 62.7 cm³/mol. The summed E-state index contributed by atoms with van der Waals surface area (Å²) in [7, 11) is 1.26. The second-order valence-electron chi connectivity index (χ2n) is 2.69. The highest BCUT2D eigenvalue weighted by Crippen LogP contribution is 2.22. The van der Waals surface area contributed by atoms with Crippen LogP contribution in [-0.4, -0.2) is 18.9 Å². The van der Waals surface area contributed by atoms with Crippen molar-refractivity contribution in [2.75, 3.05) is 7.11 Å². The van der Waals surface area contributed by atoms with E-state index in [2.05, 4.69) is 20.7 Å². The van der Waals surface area contributed by atoms with Gasteiger partial charge in [0, 0.05) is 4.88 Å². The second kappa shape index (κ2) is 5.82. The number of carbonyl (C=O) groups excluding carboxylic acids is 2. The van der Waals surface area contributed by atoms with E-state index in [1.807, 2.05) is 12.1 Å². The number of rotatable bonds is 4. The lowest BCUT2D eigenvalue weighted by molar-refractivity contribution is -0.142. The zero-order chi connectivity index (χ0) is 11.3. The number of hydrogen-bond donors (Lipinski definition) is 0. The van der Waals surface area contributed by atoms with Crippen LogP contribution in [0.5, 0.6) is 0 Å². The molecular formula is C10H9BrO3S. The lowest BCUT2D eigenvalue weighted by atomic mass is 10.2. The number of allylic oxidation sites excluding steroid dienone is 1. The average Bonchev–Trinajstić information content (AvgIpc) is 2.61. The second-order valence-corrected chi connectivity index (χ2v) is 5.19. The first kappa shape index (κ1) is 12.1. The minimum atomic E-state index is -0.517. The molecule has 0 aliphatic rings. The van der Waals surface area contributed by atoms with Crippen molar-refractivity contribution in [3.63, 3.8) is 0 Å². The molecule has 0 bridgehead atoms. The first-order chi connectivity index (χ1) is 7.11. The molecule has 0 N–H and O–H groups in total. The van der Waals surface area contributed by atoms with E-state index in [1.165, 1.54) is 24.5 Å². The first-order valence-electron chi connectivity index (χ1n) is 4.15. The highest BCUT2D eigenvalue weighted by atomic mass is 79.9. The predicted octanol–water partition coefficient (Wildman–Crippen LogP) is 2.66. The molecule has 0 radical (unpaired) electrons. The molecule has 0 saturated carbocycles. The molecule has 1 heterocycles. The maximum Gasteiger partial charge on any atom is 0.313 e. The van der Waals surface area contributed by atoms with Crippen LogP contribution in [0.3, 0.4) is 0 Å². The third kappa shape index (κ3) is 4.40. The Morgan fingerprint density at radius 2 is 2.27 bits per heavy atom. The molecule has 0 saturated heterocycles. The van der Waals surface area contributed by atoms with Crippen LogP contribution in [0, 0.1) is 0 Å². The highest BCUT2D eigenvalue weighted by Gasteiger charge is 2.05. The van der Waals surface area contributed by atoms with Crippen LogP contribution >= 0.6 is 27.3 Å². The van der Waals surface area contributed by atoms with Crippen molar-refractivity contribution in [2.45, 2.75) is 6.42 Å². The Hall–Kier alpha value is -0.940. The molecule has 1 aromatic heterocycles. The van der Waals surface area contributed by atoms with Gasteiger partial charge in [0.1, 0.15) is 6.42 Å². The van der Waals surface area contributed by atoms with Gasteiger partial charge in [0.05, 0.1) is 10.9 Å². The number of halogens is 1. The number of carbonyl (C=O) groups is 2. The standard InChI is InChI=1S/C10H9BrO3S/c1-14-10(13)6-7(12)2-3-8-4-5-9(11)15-8/h2-5H,6H2,1H3/b3-2+. The molecule has 0 aromatic carbocycles. The highest BCUT2D eigenvalue weighted by molar-refractivity contribution is 9.11. The average molecular weight is 289 g/mol. The van der Waals surface area contributed by atoms with Gasteiger partial charge in [-0.05, 0) is 40.2 Å². The quantitative estimate of drug-likeness (QED) is 0.486. The number of esters is 1. The van der Waals surface area contributed by atoms with Gasteiger partial charge in [-0.1, -0.05) is 0 Å². The van der Waals surface area contributed by atoms with Crippen LogP contribution in [-0.2, 0) is 14.3 Å². The first-order valence-corrected chi connectivity index (χ1v) is 5.76. The van der Waals surface area contributed by atoms with Gasteiger partial charge in [-0.25, -0.2) is 0 Å². The van der Waals surface area contributed by atoms with Gasteiger partial charge in [-0.2, -0.15) is 0 Å². The Morgan fingerprint density at radius 1 is 1.53 bits per heavy atom. The minimum Gasteiger partial charge on any atom is -0.469 e. The summed E-state index contributed by atoms with van der Waals surface area (Å²) >= 11 is 4.83. The molecule has 0 amide bonds. The molecule has 0 atom stereocenters. The van der Waals surface area contributed by atoms with Gasteiger partial charge in [0.2, 0.25) is 0 Å². The Labute approximate surface area is 99.9 Å². The lowest BCUT2D eigenvalue weighted by Gasteiger charge is -1.93. The summed E-state index contributed by atoms with van der Waals surface area (Å²) in [6, 6.07) is 3.78. The van der Waals surface area contributed by atoms with Gasteiger partial charge < -0.3 is 4.74 Å². The zero-order valence-electron chi connectivity index (χ0n) is 8.03. The van der Waals surface area contributed by atoms with Crippen molar-refractivity contribution in [2.24, 2.45) is 0 Å². The van der Waals surface area contributed by atoms with Crippen molar-refractivity contribution >= 4 is 45.1 Å². The van der Waals surface area contributed by atoms with Crippen LogP contribution < -0.4 is 0 Å². The maximum atomic E-state index is 11.2. The molecule has 1 aromatic rings. The van der Waals surface area contributed by atoms with Gasteiger partial charge >= 0.3 is 5.97 Å². The van der Waals surface area contributed by atoms with Crippen LogP contribution in [0.25, 0.3) is 6.08 Å². The van der Waals surface area contributed by atoms with Crippen LogP contribution in [0.2, 0.25) is 0 Å². The van der Waals surface area contributed by atoms with Crippen LogP contribution in [0.4, 0.5) is 0 Å². The maximum absolute atomic E-state index is 11.2. The van der Waals surface area contributed by atoms with Crippen LogP contribution in [0.15, 0.2) is 22.0 Å². The Morgan fingerprint density at radius 3 is 2.80 bits per heavy atom. The normalized spacial score (nSPS) is 10.5. The third-order valence-electron chi connectivity index (χ3n) is 1.57. The van der Waals surface area contributed by atoms with E-state index in [0.717, 1.165) is 8.66 Å². The van der Waals surface area contributed by atoms with Crippen molar-refractivity contribution < 1.29 is 14.3 Å². The summed E-state index contributed by atoms with van der Waals surface area (Å²) in [4.78, 5) is 22.9. The summed E-state index contributed by atoms with van der Waals surface area (Å²) in [5.41, 5.74) is 0. The number of methoxy groups -OCH3 is 1. The van der Waals surface area contributed by atoms with Crippen molar-refractivity contribution in [3.05, 3.63) is 26.9 Å². The largest absolute Gasteiger partial charge is 0.469 e. The monoisotopic (exact) mass is 288 g/mol. The van der Waals surface area contributed by atoms with Crippen molar-refractivity contribution in [1.29, 1.82) is 0 Å². The minimum absolute atomic E-state index is 0.209. The molecular weight excluding hydrogens is 280 g/mol. The fourth-order valence-corrected chi connectivity index (χ4v) is 2.19. The van der Waals surface area contributed by atoms with E-state index >= 15 is 0 Å². The van der Waals surface area contributed by atoms with Crippen molar-refractivity contribution in [3.8, 4) is 0 Å². The molecule has 80 valence electrons. The van der Waals surface area contributed by atoms with Crippen LogP contribution in [0.1, 0.15) is 11.3 Å². The summed E-state index contributed by atoms with van der Waals surface area (Å²) in [6.45, 7) is 0. The molecule has 1 rings (SSSR count). The fourth-order valence-electron chi connectivity index (χ4n) is 0.866. The SMILES string of the molecule is COC(=O)CC(=O)/C=C/c1ccc(Br)s1. The Balaban J connectivity index is 2.51. The Bertz CT molecular complexity index is 395. The number of ether oxygens (including phenoxy) is 1. The summed E-state index contributed by atoms with van der Waals surface area (Å²) < 4.78 is 5.38. The Kier molecular flexibility index (Phi) is 4.71. The smallest absolute Gasteiger partial charge is 0.313 e. The van der Waals surface area contributed by atoms with E-state index in [1.54, 1.807) is 6.08 Å². The zero-order valence-corrected chi connectivity index (χ0v) is 10.4. The summed E-state index contributed by atoms with van der Waals surface area (Å²) in [5, 5.41) is 0. The summed E-state index contributed by atoms with van der Waals surface area (Å²) in [5.74, 6) is -0.775.